The lowest BCUT2D eigenvalue weighted by Crippen LogP contribution is -2.36. The molecule has 0 bridgehead atoms. The van der Waals surface area contributed by atoms with E-state index in [2.05, 4.69) is 16.4 Å². The van der Waals surface area contributed by atoms with E-state index >= 15 is 0 Å². The van der Waals surface area contributed by atoms with Crippen LogP contribution in [0, 0.1) is 6.92 Å². The number of alkyl halides is 3. The fourth-order valence-corrected chi connectivity index (χ4v) is 4.67. The van der Waals surface area contributed by atoms with E-state index in [4.69, 9.17) is 0 Å². The van der Waals surface area contributed by atoms with Crippen LogP contribution in [0.15, 0.2) is 42.5 Å². The number of imidazole rings is 1. The first-order chi connectivity index (χ1) is 12.9. The number of halogens is 3. The molecule has 4 aromatic rings. The minimum atomic E-state index is -4.37. The van der Waals surface area contributed by atoms with Gasteiger partial charge in [0.2, 0.25) is 0 Å². The van der Waals surface area contributed by atoms with Gasteiger partial charge in [0.05, 0.1) is 21.7 Å². The van der Waals surface area contributed by atoms with E-state index in [1.807, 2.05) is 40.3 Å². The molecule has 1 unspecified atom stereocenters. The molecule has 0 amide bonds. The molecule has 27 heavy (non-hydrogen) atoms. The molecule has 0 spiro atoms. The fourth-order valence-electron chi connectivity index (χ4n) is 3.52. The molecule has 0 fully saturated rings. The molecule has 2 aromatic carbocycles. The number of rotatable bonds is 1. The van der Waals surface area contributed by atoms with Gasteiger partial charge in [0.25, 0.3) is 0 Å². The summed E-state index contributed by atoms with van der Waals surface area (Å²) in [5, 5.41) is 5.48. The smallest absolute Gasteiger partial charge is 0.379 e. The maximum Gasteiger partial charge on any atom is 0.416 e. The van der Waals surface area contributed by atoms with Gasteiger partial charge >= 0.3 is 6.18 Å². The third-order valence-corrected chi connectivity index (χ3v) is 5.93. The highest BCUT2D eigenvalue weighted by atomic mass is 32.1. The summed E-state index contributed by atoms with van der Waals surface area (Å²) in [7, 11) is 0. The zero-order chi connectivity index (χ0) is 18.8. The van der Waals surface area contributed by atoms with Gasteiger partial charge in [-0.25, -0.2) is 8.77 Å². The van der Waals surface area contributed by atoms with E-state index in [0.717, 1.165) is 21.0 Å². The van der Waals surface area contributed by atoms with Crippen molar-refractivity contribution in [3.63, 3.8) is 0 Å². The van der Waals surface area contributed by atoms with Crippen LogP contribution in [0.25, 0.3) is 28.0 Å². The van der Waals surface area contributed by atoms with E-state index in [9.17, 15) is 13.2 Å². The van der Waals surface area contributed by atoms with Crippen molar-refractivity contribution in [3.05, 3.63) is 69.9 Å². The number of nitrogens with zero attached hydrogens (tertiary/aromatic N) is 2. The van der Waals surface area contributed by atoms with Gasteiger partial charge < -0.3 is 5.32 Å². The number of aromatic nitrogens is 2. The largest absolute Gasteiger partial charge is 0.416 e. The van der Waals surface area contributed by atoms with Crippen LogP contribution in [-0.2, 0) is 6.18 Å². The molecule has 0 saturated carbocycles. The second kappa shape index (κ2) is 5.60. The van der Waals surface area contributed by atoms with Crippen molar-refractivity contribution in [2.24, 2.45) is 0 Å². The SMILES string of the molecule is Cc1cc2sn3c4c(nc3c2cc1C(F)(F)F)=CNC(c1ccccc1)C=4. The summed E-state index contributed by atoms with van der Waals surface area (Å²) in [4.78, 5) is 4.58. The lowest BCUT2D eigenvalue weighted by atomic mass is 10.1. The Hall–Kier alpha value is -2.80. The number of fused-ring (bicyclic) bond motifs is 5. The summed E-state index contributed by atoms with van der Waals surface area (Å²) in [5.41, 5.74) is 1.30. The second-order valence-corrected chi connectivity index (χ2v) is 7.61. The Morgan fingerprint density at radius 3 is 2.67 bits per heavy atom. The molecule has 136 valence electrons. The first-order valence-corrected chi connectivity index (χ1v) is 9.21. The Morgan fingerprint density at radius 1 is 1.15 bits per heavy atom. The van der Waals surface area contributed by atoms with Gasteiger partial charge in [0, 0.05) is 11.6 Å². The van der Waals surface area contributed by atoms with E-state index < -0.39 is 11.7 Å². The van der Waals surface area contributed by atoms with Crippen LogP contribution in [0.5, 0.6) is 0 Å². The number of benzene rings is 2. The zero-order valence-corrected chi connectivity index (χ0v) is 15.0. The van der Waals surface area contributed by atoms with E-state index in [1.165, 1.54) is 24.5 Å². The van der Waals surface area contributed by atoms with E-state index in [1.54, 1.807) is 6.07 Å². The molecule has 0 saturated heterocycles. The van der Waals surface area contributed by atoms with Gasteiger partial charge in [0.1, 0.15) is 5.35 Å². The van der Waals surface area contributed by atoms with Crippen LogP contribution in [-0.4, -0.2) is 8.77 Å². The summed E-state index contributed by atoms with van der Waals surface area (Å²) in [6.07, 6.45) is -0.476. The predicted molar refractivity (Wildman–Crippen MR) is 101 cm³/mol. The van der Waals surface area contributed by atoms with Gasteiger partial charge in [-0.3, -0.25) is 0 Å². The highest BCUT2D eigenvalue weighted by Gasteiger charge is 2.33. The number of hydrogen-bond acceptors (Lipinski definition) is 3. The minimum absolute atomic E-state index is 0.00344. The highest BCUT2D eigenvalue weighted by Crippen LogP contribution is 2.36. The second-order valence-electron chi connectivity index (χ2n) is 6.62. The Bertz CT molecular complexity index is 1300. The maximum atomic E-state index is 13.3. The summed E-state index contributed by atoms with van der Waals surface area (Å²) >= 11 is 1.42. The zero-order valence-electron chi connectivity index (χ0n) is 14.2. The summed E-state index contributed by atoms with van der Waals surface area (Å²) < 4.78 is 42.6. The Kier molecular flexibility index (Phi) is 3.40. The van der Waals surface area contributed by atoms with Crippen molar-refractivity contribution in [3.8, 4) is 0 Å². The Balaban J connectivity index is 1.76. The molecular weight excluding hydrogens is 371 g/mol. The maximum absolute atomic E-state index is 13.3. The van der Waals surface area contributed by atoms with Gasteiger partial charge in [-0.1, -0.05) is 41.9 Å². The monoisotopic (exact) mass is 385 g/mol. The molecular formula is C20H14F3N3S. The fraction of sp³-hybridized carbons (Fsp3) is 0.150. The number of nitrogens with one attached hydrogen (secondary N) is 1. The molecule has 3 heterocycles. The summed E-state index contributed by atoms with van der Waals surface area (Å²) in [6.45, 7) is 1.50. The van der Waals surface area contributed by atoms with Crippen molar-refractivity contribution in [2.75, 3.05) is 0 Å². The molecule has 5 rings (SSSR count). The molecule has 1 aliphatic rings. The Labute approximate surface area is 156 Å². The lowest BCUT2D eigenvalue weighted by molar-refractivity contribution is -0.137. The molecule has 1 N–H and O–H groups in total. The quantitative estimate of drug-likeness (QED) is 0.541. The van der Waals surface area contributed by atoms with Crippen LogP contribution in [0.1, 0.15) is 22.7 Å². The first kappa shape index (κ1) is 16.4. The topological polar surface area (TPSA) is 29.3 Å². The van der Waals surface area contributed by atoms with Gasteiger partial charge in [0.15, 0.2) is 5.65 Å². The average molecular weight is 385 g/mol. The van der Waals surface area contributed by atoms with Crippen molar-refractivity contribution in [1.82, 2.24) is 14.1 Å². The first-order valence-electron chi connectivity index (χ1n) is 8.44. The molecule has 1 aliphatic heterocycles. The van der Waals surface area contributed by atoms with Crippen LogP contribution >= 0.6 is 11.5 Å². The van der Waals surface area contributed by atoms with E-state index in [0.29, 0.717) is 11.0 Å². The highest BCUT2D eigenvalue weighted by molar-refractivity contribution is 7.14. The normalized spacial score (nSPS) is 16.7. The van der Waals surface area contributed by atoms with Gasteiger partial charge in [-0.05, 0) is 36.3 Å². The molecule has 3 nitrogen and oxygen atoms in total. The van der Waals surface area contributed by atoms with Crippen LogP contribution in [0.4, 0.5) is 13.2 Å². The van der Waals surface area contributed by atoms with Gasteiger partial charge in [-0.2, -0.15) is 13.2 Å². The number of hydrogen-bond donors (Lipinski definition) is 1. The van der Waals surface area contributed by atoms with E-state index in [-0.39, 0.29) is 11.6 Å². The standard InChI is InChI=1S/C20H14F3N3S/c1-11-7-18-13(8-14(11)20(21,22)23)19-25-16-10-24-15(9-17(16)26(19)27-18)12-5-3-2-4-6-12/h2-10,15,24H,1H3. The van der Waals surface area contributed by atoms with Gasteiger partial charge in [-0.15, -0.1) is 0 Å². The predicted octanol–water partition coefficient (Wildman–Crippen LogP) is 3.74. The molecule has 0 aliphatic carbocycles. The van der Waals surface area contributed by atoms with Crippen LogP contribution in [0.2, 0.25) is 0 Å². The number of aryl methyl sites for hydroxylation is 1. The third-order valence-electron chi connectivity index (χ3n) is 4.85. The van der Waals surface area contributed by atoms with Crippen LogP contribution < -0.4 is 16.0 Å². The molecule has 2 aromatic heterocycles. The third kappa shape index (κ3) is 2.53. The molecule has 7 heteroatoms. The van der Waals surface area contributed by atoms with Crippen LogP contribution in [0.3, 0.4) is 0 Å². The average Bonchev–Trinajstić information content (AvgIpc) is 3.16. The summed E-state index contributed by atoms with van der Waals surface area (Å²) in [6, 6.07) is 12.8. The van der Waals surface area contributed by atoms with Crippen molar-refractivity contribution < 1.29 is 13.2 Å². The molecule has 0 radical (unpaired) electrons. The summed E-state index contributed by atoms with van der Waals surface area (Å²) in [5.74, 6) is 0. The Morgan fingerprint density at radius 2 is 1.93 bits per heavy atom. The molecule has 1 atom stereocenters. The van der Waals surface area contributed by atoms with Crippen molar-refractivity contribution in [2.45, 2.75) is 19.1 Å². The van der Waals surface area contributed by atoms with Crippen molar-refractivity contribution >= 4 is 39.5 Å². The van der Waals surface area contributed by atoms with Crippen molar-refractivity contribution in [1.29, 1.82) is 0 Å². The minimum Gasteiger partial charge on any atom is -0.379 e. The lowest BCUT2D eigenvalue weighted by Gasteiger charge is -2.15.